The highest BCUT2D eigenvalue weighted by atomic mass is 16.5. The molecule has 3 N–H and O–H groups in total. The molecule has 0 unspecified atom stereocenters. The molecule has 0 radical (unpaired) electrons. The molecule has 3 aliphatic rings. The Morgan fingerprint density at radius 2 is 1.89 bits per heavy atom. The summed E-state index contributed by atoms with van der Waals surface area (Å²) in [4.78, 5) is 25.8. The Morgan fingerprint density at radius 1 is 1.14 bits per heavy atom. The minimum absolute atomic E-state index is 0.0321. The molecule has 0 bridgehead atoms. The number of carboxylic acid groups (broad SMARTS) is 1. The lowest BCUT2D eigenvalue weighted by Gasteiger charge is -2.42. The number of likely N-dealkylation sites (tertiary alicyclic amines) is 1. The van der Waals surface area contributed by atoms with Crippen molar-refractivity contribution in [3.05, 3.63) is 23.8 Å². The first-order valence-electron chi connectivity index (χ1n) is 12.6. The second-order valence-corrected chi connectivity index (χ2v) is 10.2. The lowest BCUT2D eigenvalue weighted by Crippen LogP contribution is -2.46. The van der Waals surface area contributed by atoms with Crippen molar-refractivity contribution in [3.63, 3.8) is 0 Å². The molecule has 9 nitrogen and oxygen atoms in total. The van der Waals surface area contributed by atoms with Crippen molar-refractivity contribution in [3.8, 4) is 11.5 Å². The van der Waals surface area contributed by atoms with E-state index in [1.165, 1.54) is 5.56 Å². The van der Waals surface area contributed by atoms with Gasteiger partial charge in [0.25, 0.3) is 0 Å². The van der Waals surface area contributed by atoms with Gasteiger partial charge in [0.15, 0.2) is 11.5 Å². The van der Waals surface area contributed by atoms with Crippen LogP contribution in [-0.4, -0.2) is 68.1 Å². The van der Waals surface area contributed by atoms with Crippen LogP contribution in [0.25, 0.3) is 0 Å². The van der Waals surface area contributed by atoms with Gasteiger partial charge in [0, 0.05) is 30.1 Å². The van der Waals surface area contributed by atoms with Gasteiger partial charge in [-0.2, -0.15) is 5.10 Å². The molecular formula is C26H38N4O5. The molecule has 0 spiro atoms. The predicted molar refractivity (Wildman–Crippen MR) is 133 cm³/mol. The number of aliphatic carboxylic acids is 1. The minimum atomic E-state index is -0.708. The van der Waals surface area contributed by atoms with E-state index in [1.807, 2.05) is 6.07 Å². The van der Waals surface area contributed by atoms with Gasteiger partial charge in [-0.15, -0.1) is 0 Å². The Morgan fingerprint density at radius 3 is 2.57 bits per heavy atom. The third-order valence-electron chi connectivity index (χ3n) is 8.39. The number of hydrogen-bond acceptors (Lipinski definition) is 6. The molecule has 1 heterocycles. The molecule has 3 fully saturated rings. The number of ether oxygens (including phenoxy) is 2. The summed E-state index contributed by atoms with van der Waals surface area (Å²) in [7, 11) is 5.48. The molecule has 2 aliphatic carbocycles. The Labute approximate surface area is 207 Å². The monoisotopic (exact) mass is 486 g/mol. The molecule has 1 aliphatic heterocycles. The highest BCUT2D eigenvalue weighted by Crippen LogP contribution is 2.49. The van der Waals surface area contributed by atoms with E-state index in [1.54, 1.807) is 14.2 Å². The van der Waals surface area contributed by atoms with Crippen molar-refractivity contribution in [2.75, 3.05) is 34.4 Å². The number of urea groups is 1. The van der Waals surface area contributed by atoms with E-state index in [0.717, 1.165) is 62.3 Å². The average Bonchev–Trinajstić information content (AvgIpc) is 3.22. The summed E-state index contributed by atoms with van der Waals surface area (Å²) in [5.74, 6) is 0.867. The first kappa shape index (κ1) is 25.3. The number of benzene rings is 1. The molecule has 2 amide bonds. The van der Waals surface area contributed by atoms with E-state index in [0.29, 0.717) is 31.3 Å². The van der Waals surface area contributed by atoms with Gasteiger partial charge in [-0.05, 0) is 82.2 Å². The number of rotatable bonds is 7. The van der Waals surface area contributed by atoms with Crippen molar-refractivity contribution in [2.45, 2.75) is 62.8 Å². The number of carbonyl (C=O) groups excluding carboxylic acids is 1. The first-order valence-corrected chi connectivity index (χ1v) is 12.6. The molecule has 1 saturated heterocycles. The summed E-state index contributed by atoms with van der Waals surface area (Å²) < 4.78 is 11.0. The summed E-state index contributed by atoms with van der Waals surface area (Å²) in [5, 5.41) is 16.5. The predicted octanol–water partition coefficient (Wildman–Crippen LogP) is 3.38. The van der Waals surface area contributed by atoms with Crippen LogP contribution in [0.4, 0.5) is 4.79 Å². The number of methoxy groups -OCH3 is 2. The summed E-state index contributed by atoms with van der Waals surface area (Å²) >= 11 is 0. The maximum atomic E-state index is 12.3. The zero-order chi connectivity index (χ0) is 25.0. The lowest BCUT2D eigenvalue weighted by molar-refractivity contribution is -0.143. The molecule has 9 heteroatoms. The third-order valence-corrected chi connectivity index (χ3v) is 8.39. The largest absolute Gasteiger partial charge is 0.493 e. The maximum Gasteiger partial charge on any atom is 0.335 e. The topological polar surface area (TPSA) is 112 Å². The fraction of sp³-hybridized carbons (Fsp3) is 0.654. The van der Waals surface area contributed by atoms with Gasteiger partial charge in [-0.25, -0.2) is 10.2 Å². The zero-order valence-electron chi connectivity index (χ0n) is 21.0. The average molecular weight is 487 g/mol. The van der Waals surface area contributed by atoms with E-state index in [-0.39, 0.29) is 17.4 Å². The van der Waals surface area contributed by atoms with Crippen molar-refractivity contribution in [1.82, 2.24) is 15.6 Å². The number of carbonyl (C=O) groups is 2. The van der Waals surface area contributed by atoms with Gasteiger partial charge < -0.3 is 24.8 Å². The van der Waals surface area contributed by atoms with Gasteiger partial charge in [0.1, 0.15) is 0 Å². The van der Waals surface area contributed by atoms with Crippen LogP contribution in [0.3, 0.4) is 0 Å². The van der Waals surface area contributed by atoms with Crippen molar-refractivity contribution >= 4 is 17.7 Å². The smallest absolute Gasteiger partial charge is 0.335 e. The fourth-order valence-electron chi connectivity index (χ4n) is 6.20. The number of fused-ring (bicyclic) bond motifs is 1. The second kappa shape index (κ2) is 10.8. The van der Waals surface area contributed by atoms with Crippen molar-refractivity contribution in [2.24, 2.45) is 16.9 Å². The molecule has 1 aromatic rings. The van der Waals surface area contributed by atoms with E-state index < -0.39 is 5.97 Å². The number of likely N-dealkylation sites (N-methyl/N-ethyl adjacent to an activating group) is 1. The van der Waals surface area contributed by atoms with Crippen LogP contribution < -0.4 is 20.2 Å². The van der Waals surface area contributed by atoms with Crippen LogP contribution in [0.1, 0.15) is 56.9 Å². The second-order valence-electron chi connectivity index (χ2n) is 10.2. The Bertz CT molecular complexity index is 959. The normalized spacial score (nSPS) is 29.9. The van der Waals surface area contributed by atoms with Gasteiger partial charge in [0.05, 0.1) is 20.1 Å². The number of hydrogen-bond donors (Lipinski definition) is 3. The molecule has 192 valence electrons. The molecule has 2 saturated carbocycles. The van der Waals surface area contributed by atoms with E-state index >= 15 is 0 Å². The van der Waals surface area contributed by atoms with E-state index in [4.69, 9.17) is 14.6 Å². The zero-order valence-corrected chi connectivity index (χ0v) is 21.0. The van der Waals surface area contributed by atoms with Crippen LogP contribution >= 0.6 is 0 Å². The van der Waals surface area contributed by atoms with Crippen LogP contribution in [-0.2, 0) is 10.2 Å². The van der Waals surface area contributed by atoms with E-state index in [9.17, 15) is 9.59 Å². The molecule has 0 aromatic heterocycles. The Hall–Kier alpha value is -2.81. The number of hydrazone groups is 1. The quantitative estimate of drug-likeness (QED) is 0.510. The molecule has 35 heavy (non-hydrogen) atoms. The first-order chi connectivity index (χ1) is 16.9. The van der Waals surface area contributed by atoms with Gasteiger partial charge in [0.2, 0.25) is 0 Å². The fourth-order valence-corrected chi connectivity index (χ4v) is 6.20. The summed E-state index contributed by atoms with van der Waals surface area (Å²) in [6.07, 6.45) is 6.71. The van der Waals surface area contributed by atoms with Crippen LogP contribution in [0, 0.1) is 11.8 Å². The molecule has 4 rings (SSSR count). The van der Waals surface area contributed by atoms with Crippen LogP contribution in [0.15, 0.2) is 23.3 Å². The highest BCUT2D eigenvalue weighted by molar-refractivity contribution is 5.88. The van der Waals surface area contributed by atoms with Gasteiger partial charge in [-0.1, -0.05) is 6.07 Å². The standard InChI is InChI=1S/C26H38N4O5/c1-30-13-12-26(19-8-9-21(34-2)22(14-19)35-3)11-10-20(15-23(26)30)28-29-25(33)27-16-17-4-6-18(7-5-17)24(31)32/h8-9,14,17-18,23H,4-7,10-13,15-16H2,1-3H3,(H,31,32)(H2,27,29,33)/b28-20+/t17?,18?,23-,26-/m0/s1. The highest BCUT2D eigenvalue weighted by Gasteiger charge is 2.50. The van der Waals surface area contributed by atoms with Gasteiger partial charge >= 0.3 is 12.0 Å². The summed E-state index contributed by atoms with van der Waals surface area (Å²) in [6, 6.07) is 6.27. The Balaban J connectivity index is 1.34. The van der Waals surface area contributed by atoms with Crippen LogP contribution in [0.5, 0.6) is 11.5 Å². The minimum Gasteiger partial charge on any atom is -0.493 e. The summed E-state index contributed by atoms with van der Waals surface area (Å²) in [6.45, 7) is 1.57. The van der Waals surface area contributed by atoms with Gasteiger partial charge in [-0.3, -0.25) is 4.79 Å². The maximum absolute atomic E-state index is 12.3. The van der Waals surface area contributed by atoms with Crippen molar-refractivity contribution < 1.29 is 24.2 Å². The molecular weight excluding hydrogens is 448 g/mol. The Kier molecular flexibility index (Phi) is 7.84. The molecule has 1 aromatic carbocycles. The summed E-state index contributed by atoms with van der Waals surface area (Å²) in [5.41, 5.74) is 5.00. The number of nitrogens with zero attached hydrogens (tertiary/aromatic N) is 2. The number of amides is 2. The number of nitrogens with one attached hydrogen (secondary N) is 2. The van der Waals surface area contributed by atoms with Crippen LogP contribution in [0.2, 0.25) is 0 Å². The SMILES string of the molecule is COc1ccc([C@@]23CC/C(=N\NC(=O)NCC4CCC(C(=O)O)CC4)C[C@@H]2N(C)CC3)cc1OC. The third kappa shape index (κ3) is 5.39. The molecule has 2 atom stereocenters. The lowest BCUT2D eigenvalue weighted by atomic mass is 9.65. The number of carboxylic acids is 1. The van der Waals surface area contributed by atoms with Crippen molar-refractivity contribution in [1.29, 1.82) is 0 Å². The van der Waals surface area contributed by atoms with E-state index in [2.05, 4.69) is 39.9 Å².